The zero-order chi connectivity index (χ0) is 13.8. The lowest BCUT2D eigenvalue weighted by Crippen LogP contribution is -2.30. The Morgan fingerprint density at radius 1 is 1.16 bits per heavy atom. The summed E-state index contributed by atoms with van der Waals surface area (Å²) in [5.74, 6) is -1.41. The van der Waals surface area contributed by atoms with Crippen LogP contribution in [0.3, 0.4) is 0 Å². The van der Waals surface area contributed by atoms with Crippen LogP contribution in [0.15, 0.2) is 24.3 Å². The van der Waals surface area contributed by atoms with E-state index in [0.717, 1.165) is 22.1 Å². The summed E-state index contributed by atoms with van der Waals surface area (Å²) < 4.78 is 1.11. The molecule has 1 saturated carbocycles. The quantitative estimate of drug-likeness (QED) is 0.801. The third-order valence-corrected chi connectivity index (χ3v) is 4.23. The molecular weight excluding hydrogens is 357 g/mol. The molecule has 0 spiro atoms. The van der Waals surface area contributed by atoms with E-state index in [-0.39, 0.29) is 17.7 Å². The van der Waals surface area contributed by atoms with E-state index in [2.05, 4.69) is 27.9 Å². The average molecular weight is 373 g/mol. The number of rotatable bonds is 3. The fraction of sp³-hybridized carbons (Fsp3) is 0.429. The Morgan fingerprint density at radius 2 is 1.79 bits per heavy atom. The topological polar surface area (TPSA) is 66.4 Å². The number of aliphatic carboxylic acids is 1. The Labute approximate surface area is 125 Å². The monoisotopic (exact) mass is 373 g/mol. The maximum Gasteiger partial charge on any atom is 0.306 e. The maximum atomic E-state index is 12.1. The highest BCUT2D eigenvalue weighted by Crippen LogP contribution is 2.30. The van der Waals surface area contributed by atoms with Crippen molar-refractivity contribution < 1.29 is 14.7 Å². The summed E-state index contributed by atoms with van der Waals surface area (Å²) in [6.07, 6.45) is 2.72. The van der Waals surface area contributed by atoms with Gasteiger partial charge in [-0.05, 0) is 66.1 Å². The Hall–Kier alpha value is -1.11. The second kappa shape index (κ2) is 6.36. The van der Waals surface area contributed by atoms with Crippen LogP contribution in [0, 0.1) is 15.4 Å². The van der Waals surface area contributed by atoms with Crippen molar-refractivity contribution in [3.05, 3.63) is 27.8 Å². The van der Waals surface area contributed by atoms with Gasteiger partial charge in [-0.2, -0.15) is 0 Å². The van der Waals surface area contributed by atoms with Gasteiger partial charge in [-0.25, -0.2) is 0 Å². The van der Waals surface area contributed by atoms with Crippen LogP contribution >= 0.6 is 22.6 Å². The number of carboxylic acid groups (broad SMARTS) is 1. The van der Waals surface area contributed by atoms with Crippen LogP contribution in [-0.2, 0) is 9.59 Å². The van der Waals surface area contributed by atoms with Crippen molar-refractivity contribution in [2.45, 2.75) is 25.7 Å². The number of anilines is 1. The third-order valence-electron chi connectivity index (χ3n) is 3.51. The summed E-state index contributed by atoms with van der Waals surface area (Å²) in [6.45, 7) is 0. The lowest BCUT2D eigenvalue weighted by atomic mass is 9.81. The van der Waals surface area contributed by atoms with Crippen LogP contribution in [0.2, 0.25) is 0 Å². The molecule has 5 heteroatoms. The van der Waals surface area contributed by atoms with Crippen molar-refractivity contribution in [1.29, 1.82) is 0 Å². The summed E-state index contributed by atoms with van der Waals surface area (Å²) in [5, 5.41) is 11.9. The first kappa shape index (κ1) is 14.3. The Bertz CT molecular complexity index is 472. The molecule has 1 aliphatic carbocycles. The van der Waals surface area contributed by atoms with Gasteiger partial charge < -0.3 is 10.4 Å². The molecule has 1 aromatic rings. The molecule has 0 bridgehead atoms. The maximum absolute atomic E-state index is 12.1. The molecule has 2 rings (SSSR count). The van der Waals surface area contributed by atoms with Gasteiger partial charge >= 0.3 is 5.97 Å². The van der Waals surface area contributed by atoms with Gasteiger partial charge in [0.05, 0.1) is 5.92 Å². The van der Waals surface area contributed by atoms with Gasteiger partial charge in [0.25, 0.3) is 0 Å². The molecule has 1 fully saturated rings. The van der Waals surface area contributed by atoms with Crippen LogP contribution < -0.4 is 5.32 Å². The Kier molecular flexibility index (Phi) is 4.79. The summed E-state index contributed by atoms with van der Waals surface area (Å²) >= 11 is 2.21. The SMILES string of the molecule is O=C(O)C1CCCC(C(=O)Nc2ccc(I)cc2)C1. The summed E-state index contributed by atoms with van der Waals surface area (Å²) in [4.78, 5) is 23.1. The molecule has 1 aliphatic rings. The van der Waals surface area contributed by atoms with Crippen molar-refractivity contribution in [2.75, 3.05) is 5.32 Å². The van der Waals surface area contributed by atoms with Crippen LogP contribution in [0.25, 0.3) is 0 Å². The number of carboxylic acids is 1. The first-order chi connectivity index (χ1) is 9.06. The van der Waals surface area contributed by atoms with Crippen LogP contribution in [-0.4, -0.2) is 17.0 Å². The minimum Gasteiger partial charge on any atom is -0.481 e. The minimum absolute atomic E-state index is 0.0628. The molecule has 0 aromatic heterocycles. The number of amides is 1. The van der Waals surface area contributed by atoms with Crippen molar-refractivity contribution in [3.63, 3.8) is 0 Å². The Morgan fingerprint density at radius 3 is 2.42 bits per heavy atom. The number of hydrogen-bond acceptors (Lipinski definition) is 2. The number of halogens is 1. The first-order valence-corrected chi connectivity index (χ1v) is 7.43. The molecule has 4 nitrogen and oxygen atoms in total. The second-order valence-electron chi connectivity index (χ2n) is 4.89. The second-order valence-corrected chi connectivity index (χ2v) is 6.14. The van der Waals surface area contributed by atoms with Crippen LogP contribution in [0.5, 0.6) is 0 Å². The molecular formula is C14H16INO3. The highest BCUT2D eigenvalue weighted by atomic mass is 127. The molecule has 1 aromatic carbocycles. The molecule has 102 valence electrons. The lowest BCUT2D eigenvalue weighted by molar-refractivity contribution is -0.143. The van der Waals surface area contributed by atoms with E-state index in [9.17, 15) is 9.59 Å². The van der Waals surface area contributed by atoms with E-state index in [1.165, 1.54) is 0 Å². The molecule has 0 saturated heterocycles. The first-order valence-electron chi connectivity index (χ1n) is 6.35. The zero-order valence-electron chi connectivity index (χ0n) is 10.4. The van der Waals surface area contributed by atoms with Crippen molar-refractivity contribution in [2.24, 2.45) is 11.8 Å². The van der Waals surface area contributed by atoms with Crippen molar-refractivity contribution in [3.8, 4) is 0 Å². The number of nitrogens with one attached hydrogen (secondary N) is 1. The van der Waals surface area contributed by atoms with E-state index >= 15 is 0 Å². The van der Waals surface area contributed by atoms with Gasteiger partial charge in [-0.1, -0.05) is 6.42 Å². The number of hydrogen-bond donors (Lipinski definition) is 2. The molecule has 0 aliphatic heterocycles. The number of carbonyl (C=O) groups is 2. The molecule has 0 heterocycles. The number of carbonyl (C=O) groups excluding carboxylic acids is 1. The predicted molar refractivity (Wildman–Crippen MR) is 80.9 cm³/mol. The normalized spacial score (nSPS) is 22.8. The van der Waals surface area contributed by atoms with Gasteiger partial charge in [-0.3, -0.25) is 9.59 Å². The van der Waals surface area contributed by atoms with E-state index in [1.54, 1.807) is 0 Å². The van der Waals surface area contributed by atoms with Gasteiger partial charge in [0.2, 0.25) is 5.91 Å². The highest BCUT2D eigenvalue weighted by molar-refractivity contribution is 14.1. The highest BCUT2D eigenvalue weighted by Gasteiger charge is 2.30. The summed E-state index contributed by atoms with van der Waals surface area (Å²) in [5.41, 5.74) is 0.767. The van der Waals surface area contributed by atoms with Gasteiger partial charge in [0.15, 0.2) is 0 Å². The van der Waals surface area contributed by atoms with Gasteiger partial charge in [0, 0.05) is 15.2 Å². The van der Waals surface area contributed by atoms with Crippen molar-refractivity contribution in [1.82, 2.24) is 0 Å². The molecule has 2 unspecified atom stereocenters. The fourth-order valence-corrected chi connectivity index (χ4v) is 2.79. The lowest BCUT2D eigenvalue weighted by Gasteiger charge is -2.25. The van der Waals surface area contributed by atoms with Crippen LogP contribution in [0.4, 0.5) is 5.69 Å². The predicted octanol–water partition coefficient (Wildman–Crippen LogP) is 3.12. The molecule has 2 N–H and O–H groups in total. The summed E-state index contributed by atoms with van der Waals surface area (Å²) in [7, 11) is 0. The third kappa shape index (κ3) is 3.92. The van der Waals surface area contributed by atoms with Crippen LogP contribution in [0.1, 0.15) is 25.7 Å². The minimum atomic E-state index is -0.785. The number of benzene rings is 1. The van der Waals surface area contributed by atoms with E-state index in [0.29, 0.717) is 12.8 Å². The standard InChI is InChI=1S/C14H16INO3/c15-11-4-6-12(7-5-11)16-13(17)9-2-1-3-10(8-9)14(18)19/h4-7,9-10H,1-3,8H2,(H,16,17)(H,18,19). The molecule has 0 radical (unpaired) electrons. The van der Waals surface area contributed by atoms with Crippen molar-refractivity contribution >= 4 is 40.2 Å². The smallest absolute Gasteiger partial charge is 0.306 e. The fourth-order valence-electron chi connectivity index (χ4n) is 2.43. The Balaban J connectivity index is 1.96. The van der Waals surface area contributed by atoms with E-state index in [4.69, 9.17) is 5.11 Å². The molecule has 2 atom stereocenters. The van der Waals surface area contributed by atoms with E-state index in [1.807, 2.05) is 24.3 Å². The van der Waals surface area contributed by atoms with E-state index < -0.39 is 5.97 Å². The average Bonchev–Trinajstić information content (AvgIpc) is 2.41. The van der Waals surface area contributed by atoms with Gasteiger partial charge in [0.1, 0.15) is 0 Å². The zero-order valence-corrected chi connectivity index (χ0v) is 12.6. The molecule has 1 amide bonds. The van der Waals surface area contributed by atoms with Gasteiger partial charge in [-0.15, -0.1) is 0 Å². The summed E-state index contributed by atoms with van der Waals surface area (Å²) in [6, 6.07) is 7.57. The molecule has 19 heavy (non-hydrogen) atoms. The largest absolute Gasteiger partial charge is 0.481 e.